The third kappa shape index (κ3) is 3.94. The largest absolute Gasteiger partial charge is 0.458 e. The van der Waals surface area contributed by atoms with Crippen LogP contribution in [0.2, 0.25) is 5.02 Å². The van der Waals surface area contributed by atoms with E-state index in [9.17, 15) is 9.59 Å². The lowest BCUT2D eigenvalue weighted by molar-refractivity contribution is -0.159. The zero-order valence-corrected chi connectivity index (χ0v) is 13.2. The number of esters is 1. The minimum absolute atomic E-state index is 0.264. The van der Waals surface area contributed by atoms with Crippen LogP contribution < -0.4 is 0 Å². The quantitative estimate of drug-likeness (QED) is 0.788. The fourth-order valence-corrected chi connectivity index (χ4v) is 2.39. The van der Waals surface area contributed by atoms with E-state index < -0.39 is 11.6 Å². The van der Waals surface area contributed by atoms with Gasteiger partial charge >= 0.3 is 5.97 Å². The van der Waals surface area contributed by atoms with Crippen LogP contribution in [0.5, 0.6) is 0 Å². The van der Waals surface area contributed by atoms with Gasteiger partial charge in [0.2, 0.25) is 0 Å². The van der Waals surface area contributed by atoms with Gasteiger partial charge in [0.05, 0.1) is 5.02 Å². The summed E-state index contributed by atoms with van der Waals surface area (Å²) in [6, 6.07) is 2.64. The van der Waals surface area contributed by atoms with Crippen molar-refractivity contribution in [2.45, 2.75) is 45.3 Å². The van der Waals surface area contributed by atoms with Crippen molar-refractivity contribution in [3.8, 4) is 0 Å². The Kier molecular flexibility index (Phi) is 4.52. The predicted molar refractivity (Wildman–Crippen MR) is 79.2 cm³/mol. The Bertz CT molecular complexity index is 537. The lowest BCUT2D eigenvalue weighted by Crippen LogP contribution is -2.43. The molecule has 0 radical (unpaired) electrons. The number of likely N-dealkylation sites (tertiary alicyclic amines) is 1. The molecule has 1 aromatic heterocycles. The number of nitrogens with zero attached hydrogens (tertiary/aromatic N) is 2. The summed E-state index contributed by atoms with van der Waals surface area (Å²) in [4.78, 5) is 30.2. The maximum Gasteiger partial charge on any atom is 0.329 e. The Balaban J connectivity index is 2.13. The molecule has 0 unspecified atom stereocenters. The van der Waals surface area contributed by atoms with Crippen LogP contribution in [0.25, 0.3) is 0 Å². The number of amides is 1. The second-order valence-corrected chi connectivity index (χ2v) is 6.49. The number of ether oxygens (including phenoxy) is 1. The summed E-state index contributed by atoms with van der Waals surface area (Å²) >= 11 is 5.77. The van der Waals surface area contributed by atoms with E-state index in [0.717, 1.165) is 6.42 Å². The van der Waals surface area contributed by atoms with Crippen molar-refractivity contribution in [3.05, 3.63) is 29.0 Å². The molecule has 1 aliphatic rings. The summed E-state index contributed by atoms with van der Waals surface area (Å²) in [5, 5.41) is 0.469. The van der Waals surface area contributed by atoms with Gasteiger partial charge in [-0.2, -0.15) is 0 Å². The number of carbonyl (C=O) groups is 2. The van der Waals surface area contributed by atoms with Crippen molar-refractivity contribution in [3.63, 3.8) is 0 Å². The first-order valence-corrected chi connectivity index (χ1v) is 7.31. The van der Waals surface area contributed by atoms with E-state index >= 15 is 0 Å². The zero-order chi connectivity index (χ0) is 15.6. The summed E-state index contributed by atoms with van der Waals surface area (Å²) < 4.78 is 5.38. The Labute approximate surface area is 129 Å². The third-order valence-electron chi connectivity index (χ3n) is 3.14. The summed E-state index contributed by atoms with van der Waals surface area (Å²) in [7, 11) is 0. The lowest BCUT2D eigenvalue weighted by Gasteiger charge is -2.27. The highest BCUT2D eigenvalue weighted by Crippen LogP contribution is 2.23. The second-order valence-electron chi connectivity index (χ2n) is 6.05. The maximum atomic E-state index is 12.5. The monoisotopic (exact) mass is 310 g/mol. The molecule has 0 aliphatic carbocycles. The van der Waals surface area contributed by atoms with Crippen LogP contribution in [0.4, 0.5) is 0 Å². The molecule has 0 saturated carbocycles. The molecule has 1 amide bonds. The van der Waals surface area contributed by atoms with E-state index in [-0.39, 0.29) is 17.6 Å². The molecular weight excluding hydrogens is 292 g/mol. The number of hydrogen-bond donors (Lipinski definition) is 0. The number of aromatic nitrogens is 1. The van der Waals surface area contributed by atoms with Crippen LogP contribution in [-0.4, -0.2) is 39.9 Å². The minimum Gasteiger partial charge on any atom is -0.458 e. The van der Waals surface area contributed by atoms with E-state index in [1.807, 2.05) is 20.8 Å². The fourth-order valence-electron chi connectivity index (χ4n) is 2.27. The molecule has 1 fully saturated rings. The van der Waals surface area contributed by atoms with Crippen molar-refractivity contribution < 1.29 is 14.3 Å². The van der Waals surface area contributed by atoms with E-state index in [4.69, 9.17) is 16.3 Å². The SMILES string of the molecule is CC(C)(C)OC(=O)[C@H]1CCCN1C(=O)c1ccc(Cl)cn1. The van der Waals surface area contributed by atoms with Crippen LogP contribution >= 0.6 is 11.6 Å². The molecule has 6 heteroatoms. The zero-order valence-electron chi connectivity index (χ0n) is 12.4. The van der Waals surface area contributed by atoms with Gasteiger partial charge in [0.25, 0.3) is 5.91 Å². The first kappa shape index (κ1) is 15.8. The van der Waals surface area contributed by atoms with Crippen molar-refractivity contribution in [1.29, 1.82) is 0 Å². The molecule has 0 spiro atoms. The molecular formula is C15H19ClN2O3. The highest BCUT2D eigenvalue weighted by Gasteiger charge is 2.37. The van der Waals surface area contributed by atoms with Crippen molar-refractivity contribution in [1.82, 2.24) is 9.88 Å². The summed E-state index contributed by atoms with van der Waals surface area (Å²) in [5.41, 5.74) is -0.276. The molecule has 114 valence electrons. The van der Waals surface area contributed by atoms with Crippen molar-refractivity contribution in [2.75, 3.05) is 6.54 Å². The average Bonchev–Trinajstić information content (AvgIpc) is 2.86. The Hall–Kier alpha value is -1.62. The fraction of sp³-hybridized carbons (Fsp3) is 0.533. The Morgan fingerprint density at radius 1 is 1.38 bits per heavy atom. The summed E-state index contributed by atoms with van der Waals surface area (Å²) in [6.45, 7) is 5.97. The smallest absolute Gasteiger partial charge is 0.329 e. The number of pyridine rings is 1. The number of halogens is 1. The first-order chi connectivity index (χ1) is 9.78. The van der Waals surface area contributed by atoms with Gasteiger partial charge in [-0.15, -0.1) is 0 Å². The van der Waals surface area contributed by atoms with E-state index in [0.29, 0.717) is 18.0 Å². The molecule has 1 saturated heterocycles. The van der Waals surface area contributed by atoms with Gasteiger partial charge in [-0.1, -0.05) is 11.6 Å². The highest BCUT2D eigenvalue weighted by atomic mass is 35.5. The van der Waals surface area contributed by atoms with Crippen LogP contribution in [0.15, 0.2) is 18.3 Å². The predicted octanol–water partition coefficient (Wildman–Crippen LogP) is 2.68. The molecule has 21 heavy (non-hydrogen) atoms. The average molecular weight is 311 g/mol. The molecule has 2 heterocycles. The molecule has 5 nitrogen and oxygen atoms in total. The van der Waals surface area contributed by atoms with Gasteiger partial charge in [-0.05, 0) is 45.7 Å². The number of hydrogen-bond acceptors (Lipinski definition) is 4. The maximum absolute atomic E-state index is 12.5. The molecule has 0 N–H and O–H groups in total. The number of carbonyl (C=O) groups excluding carboxylic acids is 2. The van der Waals surface area contributed by atoms with Gasteiger partial charge in [0.15, 0.2) is 0 Å². The van der Waals surface area contributed by atoms with Gasteiger partial charge in [-0.3, -0.25) is 4.79 Å². The van der Waals surface area contributed by atoms with Crippen LogP contribution in [0, 0.1) is 0 Å². The van der Waals surface area contributed by atoms with Crippen LogP contribution in [-0.2, 0) is 9.53 Å². The summed E-state index contributed by atoms with van der Waals surface area (Å²) in [5.74, 6) is -0.623. The van der Waals surface area contributed by atoms with Gasteiger partial charge in [0, 0.05) is 12.7 Å². The molecule has 1 atom stereocenters. The van der Waals surface area contributed by atoms with Crippen LogP contribution in [0.3, 0.4) is 0 Å². The molecule has 1 aromatic rings. The molecule has 0 aromatic carbocycles. The van der Waals surface area contributed by atoms with Crippen molar-refractivity contribution in [2.24, 2.45) is 0 Å². The van der Waals surface area contributed by atoms with Crippen molar-refractivity contribution >= 4 is 23.5 Å². The van der Waals surface area contributed by atoms with E-state index in [1.54, 1.807) is 12.1 Å². The van der Waals surface area contributed by atoms with Crippen LogP contribution in [0.1, 0.15) is 44.1 Å². The Morgan fingerprint density at radius 3 is 2.67 bits per heavy atom. The molecule has 1 aliphatic heterocycles. The Morgan fingerprint density at radius 2 is 2.10 bits per heavy atom. The van der Waals surface area contributed by atoms with Gasteiger partial charge in [-0.25, -0.2) is 9.78 Å². The van der Waals surface area contributed by atoms with Gasteiger partial charge < -0.3 is 9.64 Å². The standard InChI is InChI=1S/C15H19ClN2O3/c1-15(2,3)21-14(20)12-5-4-8-18(12)13(19)11-7-6-10(16)9-17-11/h6-7,9,12H,4-5,8H2,1-3H3/t12-/m1/s1. The summed E-state index contributed by atoms with van der Waals surface area (Å²) in [6.07, 6.45) is 2.82. The topological polar surface area (TPSA) is 59.5 Å². The first-order valence-electron chi connectivity index (χ1n) is 6.93. The molecule has 2 rings (SSSR count). The van der Waals surface area contributed by atoms with Gasteiger partial charge in [0.1, 0.15) is 17.3 Å². The lowest BCUT2D eigenvalue weighted by atomic mass is 10.1. The highest BCUT2D eigenvalue weighted by molar-refractivity contribution is 6.30. The normalized spacial score (nSPS) is 18.7. The van der Waals surface area contributed by atoms with E-state index in [2.05, 4.69) is 4.98 Å². The third-order valence-corrected chi connectivity index (χ3v) is 3.36. The molecule has 0 bridgehead atoms. The minimum atomic E-state index is -0.563. The number of rotatable bonds is 2. The van der Waals surface area contributed by atoms with E-state index in [1.165, 1.54) is 11.1 Å². The second kappa shape index (κ2) is 6.02.